The summed E-state index contributed by atoms with van der Waals surface area (Å²) in [5, 5.41) is 3.43. The smallest absolute Gasteiger partial charge is 0.341 e. The van der Waals surface area contributed by atoms with Gasteiger partial charge in [0.05, 0.1) is 17.7 Å². The van der Waals surface area contributed by atoms with E-state index in [1.165, 1.54) is 11.3 Å². The van der Waals surface area contributed by atoms with Gasteiger partial charge in [-0.2, -0.15) is 0 Å². The molecule has 0 unspecified atom stereocenters. The molecule has 0 bridgehead atoms. The molecule has 0 saturated carbocycles. The number of esters is 1. The molecule has 2 aromatic rings. The number of thiophene rings is 1. The number of carbonyl (C=O) groups is 2. The first-order valence-electron chi connectivity index (χ1n) is 7.34. The Morgan fingerprint density at radius 1 is 1.26 bits per heavy atom. The standard InChI is InChI=1S/C17H18INO3S/c1-4-11-10(3)23-16(14(11)17(21)22-5-2)19-15(20)12-8-6-7-9-13(12)18/h6-9H,4-5H2,1-3H3,(H,19,20). The summed E-state index contributed by atoms with van der Waals surface area (Å²) in [4.78, 5) is 25.8. The van der Waals surface area contributed by atoms with Crippen LogP contribution < -0.4 is 5.32 Å². The van der Waals surface area contributed by atoms with E-state index in [0.29, 0.717) is 22.7 Å². The first kappa shape index (κ1) is 17.9. The molecular formula is C17H18INO3S. The van der Waals surface area contributed by atoms with Gasteiger partial charge in [-0.15, -0.1) is 11.3 Å². The van der Waals surface area contributed by atoms with Crippen molar-refractivity contribution in [3.05, 3.63) is 49.4 Å². The quantitative estimate of drug-likeness (QED) is 0.541. The minimum absolute atomic E-state index is 0.218. The Bertz CT molecular complexity index is 739. The second-order valence-electron chi connectivity index (χ2n) is 4.85. The third-order valence-electron chi connectivity index (χ3n) is 3.39. The number of amides is 1. The lowest BCUT2D eigenvalue weighted by Crippen LogP contribution is -2.16. The van der Waals surface area contributed by atoms with Gasteiger partial charge in [0.1, 0.15) is 5.00 Å². The predicted molar refractivity (Wildman–Crippen MR) is 102 cm³/mol. The van der Waals surface area contributed by atoms with Crippen LogP contribution in [0.25, 0.3) is 0 Å². The Morgan fingerprint density at radius 3 is 2.57 bits per heavy atom. The molecule has 6 heteroatoms. The lowest BCUT2D eigenvalue weighted by molar-refractivity contribution is 0.0527. The third-order valence-corrected chi connectivity index (χ3v) is 5.39. The monoisotopic (exact) mass is 443 g/mol. The van der Waals surface area contributed by atoms with Crippen LogP contribution in [0.1, 0.15) is 45.0 Å². The van der Waals surface area contributed by atoms with Gasteiger partial charge in [0.25, 0.3) is 5.91 Å². The van der Waals surface area contributed by atoms with Gasteiger partial charge in [-0.25, -0.2) is 4.79 Å². The van der Waals surface area contributed by atoms with Gasteiger partial charge in [-0.1, -0.05) is 19.1 Å². The van der Waals surface area contributed by atoms with Gasteiger partial charge < -0.3 is 10.1 Å². The molecule has 122 valence electrons. The van der Waals surface area contributed by atoms with Gasteiger partial charge in [-0.05, 0) is 60.6 Å². The van der Waals surface area contributed by atoms with Crippen LogP contribution >= 0.6 is 33.9 Å². The molecule has 1 aromatic heterocycles. The van der Waals surface area contributed by atoms with Crippen LogP contribution in [-0.2, 0) is 11.2 Å². The van der Waals surface area contributed by atoms with Gasteiger partial charge in [0, 0.05) is 8.45 Å². The average molecular weight is 443 g/mol. The first-order valence-corrected chi connectivity index (χ1v) is 9.24. The normalized spacial score (nSPS) is 10.4. The highest BCUT2D eigenvalue weighted by Gasteiger charge is 2.24. The highest BCUT2D eigenvalue weighted by molar-refractivity contribution is 14.1. The highest BCUT2D eigenvalue weighted by Crippen LogP contribution is 2.34. The molecule has 0 aliphatic heterocycles. The number of nitrogens with one attached hydrogen (secondary N) is 1. The van der Waals surface area contributed by atoms with Gasteiger partial charge in [0.15, 0.2) is 0 Å². The van der Waals surface area contributed by atoms with E-state index >= 15 is 0 Å². The Kier molecular flexibility index (Phi) is 6.17. The molecule has 4 nitrogen and oxygen atoms in total. The molecule has 1 aromatic carbocycles. The van der Waals surface area contributed by atoms with Crippen molar-refractivity contribution < 1.29 is 14.3 Å². The van der Waals surface area contributed by atoms with Gasteiger partial charge >= 0.3 is 5.97 Å². The van der Waals surface area contributed by atoms with Crippen molar-refractivity contribution in [2.24, 2.45) is 0 Å². The van der Waals surface area contributed by atoms with E-state index in [1.807, 2.05) is 32.0 Å². The summed E-state index contributed by atoms with van der Waals surface area (Å²) in [6.07, 6.45) is 0.717. The zero-order valence-corrected chi connectivity index (χ0v) is 16.2. The molecule has 23 heavy (non-hydrogen) atoms. The Balaban J connectivity index is 2.38. The van der Waals surface area contributed by atoms with Crippen LogP contribution in [0.5, 0.6) is 0 Å². The zero-order chi connectivity index (χ0) is 17.0. The molecule has 0 saturated heterocycles. The van der Waals surface area contributed by atoms with Crippen LogP contribution in [0, 0.1) is 10.5 Å². The fourth-order valence-electron chi connectivity index (χ4n) is 2.33. The van der Waals surface area contributed by atoms with Crippen molar-refractivity contribution in [1.82, 2.24) is 0 Å². The Labute approximate surface area is 153 Å². The van der Waals surface area contributed by atoms with E-state index in [9.17, 15) is 9.59 Å². The number of carbonyl (C=O) groups excluding carboxylic acids is 2. The summed E-state index contributed by atoms with van der Waals surface area (Å²) in [6, 6.07) is 7.34. The largest absolute Gasteiger partial charge is 0.462 e. The molecule has 1 N–H and O–H groups in total. The molecular weight excluding hydrogens is 425 g/mol. The number of ether oxygens (including phenoxy) is 1. The van der Waals surface area contributed by atoms with E-state index < -0.39 is 0 Å². The summed E-state index contributed by atoms with van der Waals surface area (Å²) in [5.74, 6) is -0.601. The van der Waals surface area contributed by atoms with Crippen LogP contribution in [0.4, 0.5) is 5.00 Å². The summed E-state index contributed by atoms with van der Waals surface area (Å²) in [7, 11) is 0. The lowest BCUT2D eigenvalue weighted by atomic mass is 10.1. The van der Waals surface area contributed by atoms with Crippen molar-refractivity contribution in [2.75, 3.05) is 11.9 Å². The summed E-state index contributed by atoms with van der Waals surface area (Å²) < 4.78 is 6.02. The van der Waals surface area contributed by atoms with E-state index in [-0.39, 0.29) is 11.9 Å². The maximum absolute atomic E-state index is 12.5. The molecule has 0 aliphatic carbocycles. The first-order chi connectivity index (χ1) is 11.0. The maximum Gasteiger partial charge on any atom is 0.341 e. The zero-order valence-electron chi connectivity index (χ0n) is 13.2. The predicted octanol–water partition coefficient (Wildman–Crippen LogP) is 4.65. The van der Waals surface area contributed by atoms with Crippen LogP contribution in [0.3, 0.4) is 0 Å². The summed E-state index contributed by atoms with van der Waals surface area (Å²) in [6.45, 7) is 6.02. The van der Waals surface area contributed by atoms with Crippen LogP contribution in [0.15, 0.2) is 24.3 Å². The lowest BCUT2D eigenvalue weighted by Gasteiger charge is -2.09. The number of rotatable bonds is 5. The van der Waals surface area contributed by atoms with Gasteiger partial charge in [-0.3, -0.25) is 4.79 Å². The van der Waals surface area contributed by atoms with E-state index in [1.54, 1.807) is 13.0 Å². The summed E-state index contributed by atoms with van der Waals surface area (Å²) in [5.41, 5.74) is 2.01. The number of halogens is 1. The second kappa shape index (κ2) is 7.92. The van der Waals surface area contributed by atoms with Crippen molar-refractivity contribution in [3.8, 4) is 0 Å². The van der Waals surface area contributed by atoms with Gasteiger partial charge in [0.2, 0.25) is 0 Å². The average Bonchev–Trinajstić information content (AvgIpc) is 2.83. The number of aryl methyl sites for hydroxylation is 1. The van der Waals surface area contributed by atoms with E-state index in [0.717, 1.165) is 20.4 Å². The van der Waals surface area contributed by atoms with Crippen molar-refractivity contribution >= 4 is 50.8 Å². The topological polar surface area (TPSA) is 55.4 Å². The molecule has 2 rings (SSSR count). The molecule has 0 spiro atoms. The van der Waals surface area contributed by atoms with Crippen molar-refractivity contribution in [1.29, 1.82) is 0 Å². The number of hydrogen-bond acceptors (Lipinski definition) is 4. The molecule has 1 amide bonds. The summed E-state index contributed by atoms with van der Waals surface area (Å²) >= 11 is 3.54. The second-order valence-corrected chi connectivity index (χ2v) is 7.24. The molecule has 0 aliphatic rings. The fourth-order valence-corrected chi connectivity index (χ4v) is 4.09. The molecule has 0 atom stereocenters. The highest BCUT2D eigenvalue weighted by atomic mass is 127. The molecule has 0 fully saturated rings. The molecule has 1 heterocycles. The van der Waals surface area contributed by atoms with Crippen LogP contribution in [0.2, 0.25) is 0 Å². The number of hydrogen-bond donors (Lipinski definition) is 1. The Hall–Kier alpha value is -1.41. The number of benzene rings is 1. The SMILES string of the molecule is CCOC(=O)c1c(NC(=O)c2ccccc2I)sc(C)c1CC. The Morgan fingerprint density at radius 2 is 1.96 bits per heavy atom. The number of anilines is 1. The van der Waals surface area contributed by atoms with Crippen molar-refractivity contribution in [2.45, 2.75) is 27.2 Å². The molecule has 0 radical (unpaired) electrons. The minimum Gasteiger partial charge on any atom is -0.462 e. The fraction of sp³-hybridized carbons (Fsp3) is 0.294. The van der Waals surface area contributed by atoms with Crippen molar-refractivity contribution in [3.63, 3.8) is 0 Å². The maximum atomic E-state index is 12.5. The van der Waals surface area contributed by atoms with E-state index in [4.69, 9.17) is 4.74 Å². The van der Waals surface area contributed by atoms with E-state index in [2.05, 4.69) is 27.9 Å². The van der Waals surface area contributed by atoms with Crippen LogP contribution in [-0.4, -0.2) is 18.5 Å². The minimum atomic E-state index is -0.383. The third kappa shape index (κ3) is 3.92.